The molecular weight excluding hydrogens is 324 g/mol. The molecule has 0 aliphatic carbocycles. The molecule has 1 aliphatic rings. The molecule has 3 rings (SSSR count). The number of fused-ring (bicyclic) bond motifs is 1. The Hall–Kier alpha value is -2.93. The monoisotopic (exact) mass is 334 g/mol. The van der Waals surface area contributed by atoms with Crippen LogP contribution in [0.5, 0.6) is 17.2 Å². The fourth-order valence-corrected chi connectivity index (χ4v) is 2.12. The average Bonchev–Trinajstić information content (AvgIpc) is 2.98. The van der Waals surface area contributed by atoms with Gasteiger partial charge in [0.2, 0.25) is 6.79 Å². The Morgan fingerprint density at radius 2 is 1.74 bits per heavy atom. The summed E-state index contributed by atoms with van der Waals surface area (Å²) in [6.45, 7) is 0.112. The second-order valence-electron chi connectivity index (χ2n) is 4.64. The highest BCUT2D eigenvalue weighted by atomic mass is 35.5. The van der Waals surface area contributed by atoms with Crippen molar-refractivity contribution in [2.45, 2.75) is 0 Å². The van der Waals surface area contributed by atoms with Crippen LogP contribution in [0.15, 0.2) is 36.4 Å². The van der Waals surface area contributed by atoms with Crippen LogP contribution in [0.25, 0.3) is 0 Å². The van der Waals surface area contributed by atoms with Gasteiger partial charge < -0.3 is 25.2 Å². The lowest BCUT2D eigenvalue weighted by atomic mass is 10.2. The molecule has 0 spiro atoms. The summed E-state index contributed by atoms with van der Waals surface area (Å²) in [6.07, 6.45) is 0. The first-order valence-electron chi connectivity index (χ1n) is 6.53. The van der Waals surface area contributed by atoms with Crippen molar-refractivity contribution in [1.82, 2.24) is 0 Å². The molecule has 8 heteroatoms. The Bertz CT molecular complexity index is 793. The summed E-state index contributed by atoms with van der Waals surface area (Å²) < 4.78 is 10.3. The van der Waals surface area contributed by atoms with E-state index in [1.54, 1.807) is 18.2 Å². The molecule has 0 aromatic heterocycles. The molecule has 3 N–H and O–H groups in total. The van der Waals surface area contributed by atoms with E-state index >= 15 is 0 Å². The van der Waals surface area contributed by atoms with E-state index in [9.17, 15) is 14.7 Å². The molecule has 0 saturated heterocycles. The zero-order valence-corrected chi connectivity index (χ0v) is 12.4. The van der Waals surface area contributed by atoms with E-state index in [2.05, 4.69) is 10.6 Å². The summed E-state index contributed by atoms with van der Waals surface area (Å²) >= 11 is 5.78. The predicted molar refractivity (Wildman–Crippen MR) is 82.9 cm³/mol. The summed E-state index contributed by atoms with van der Waals surface area (Å²) in [5, 5.41) is 14.6. The first-order chi connectivity index (χ1) is 11.0. The topological polar surface area (TPSA) is 96.9 Å². The number of carbonyl (C=O) groups is 2. The van der Waals surface area contributed by atoms with Crippen LogP contribution in [0.1, 0.15) is 0 Å². The van der Waals surface area contributed by atoms with Gasteiger partial charge in [-0.3, -0.25) is 9.59 Å². The van der Waals surface area contributed by atoms with Gasteiger partial charge in [0.1, 0.15) is 5.75 Å². The van der Waals surface area contributed by atoms with Gasteiger partial charge in [-0.25, -0.2) is 0 Å². The SMILES string of the molecule is O=C(Nc1ccc2c(c1)OCO2)C(=O)Nc1cc(Cl)ccc1O. The number of anilines is 2. The molecule has 2 aromatic carbocycles. The van der Waals surface area contributed by atoms with Gasteiger partial charge in [0, 0.05) is 16.8 Å². The smallest absolute Gasteiger partial charge is 0.314 e. The Morgan fingerprint density at radius 1 is 1.00 bits per heavy atom. The Kier molecular flexibility index (Phi) is 3.94. The van der Waals surface area contributed by atoms with Crippen molar-refractivity contribution < 1.29 is 24.2 Å². The molecule has 0 bridgehead atoms. The fraction of sp³-hybridized carbons (Fsp3) is 0.0667. The molecule has 0 saturated carbocycles. The summed E-state index contributed by atoms with van der Waals surface area (Å²) in [4.78, 5) is 23.8. The fourth-order valence-electron chi connectivity index (χ4n) is 1.95. The van der Waals surface area contributed by atoms with E-state index in [1.165, 1.54) is 18.2 Å². The van der Waals surface area contributed by atoms with Gasteiger partial charge in [0.05, 0.1) is 5.69 Å². The third-order valence-corrected chi connectivity index (χ3v) is 3.28. The zero-order chi connectivity index (χ0) is 16.4. The maximum absolute atomic E-state index is 11.9. The van der Waals surface area contributed by atoms with Crippen LogP contribution in [0.3, 0.4) is 0 Å². The van der Waals surface area contributed by atoms with Crippen LogP contribution in [0.4, 0.5) is 11.4 Å². The Labute approximate surface area is 135 Å². The van der Waals surface area contributed by atoms with Gasteiger partial charge in [-0.15, -0.1) is 0 Å². The number of hydrogen-bond acceptors (Lipinski definition) is 5. The van der Waals surface area contributed by atoms with Gasteiger partial charge in [-0.2, -0.15) is 0 Å². The number of halogens is 1. The minimum absolute atomic E-state index is 0.0448. The third kappa shape index (κ3) is 3.29. The van der Waals surface area contributed by atoms with E-state index in [0.717, 1.165) is 0 Å². The first-order valence-corrected chi connectivity index (χ1v) is 6.91. The van der Waals surface area contributed by atoms with Crippen molar-refractivity contribution >= 4 is 34.8 Å². The number of phenolic OH excluding ortho intramolecular Hbond substituents is 1. The maximum Gasteiger partial charge on any atom is 0.314 e. The van der Waals surface area contributed by atoms with Gasteiger partial charge in [-0.1, -0.05) is 11.6 Å². The molecule has 1 heterocycles. The number of aromatic hydroxyl groups is 1. The van der Waals surface area contributed by atoms with E-state index in [0.29, 0.717) is 22.2 Å². The van der Waals surface area contributed by atoms with Gasteiger partial charge in [0.15, 0.2) is 11.5 Å². The van der Waals surface area contributed by atoms with E-state index < -0.39 is 11.8 Å². The van der Waals surface area contributed by atoms with Gasteiger partial charge in [-0.05, 0) is 30.3 Å². The number of rotatable bonds is 2. The van der Waals surface area contributed by atoms with E-state index in [-0.39, 0.29) is 18.2 Å². The van der Waals surface area contributed by atoms with Crippen LogP contribution in [-0.2, 0) is 9.59 Å². The second kappa shape index (κ2) is 6.05. The molecular formula is C15H11ClN2O5. The maximum atomic E-state index is 11.9. The molecule has 2 aromatic rings. The summed E-state index contributed by atoms with van der Waals surface area (Å²) in [5.74, 6) is -0.992. The molecule has 0 radical (unpaired) electrons. The molecule has 7 nitrogen and oxygen atoms in total. The van der Waals surface area contributed by atoms with Crippen molar-refractivity contribution in [3.05, 3.63) is 41.4 Å². The number of hydrogen-bond donors (Lipinski definition) is 3. The van der Waals surface area contributed by atoms with Crippen molar-refractivity contribution in [2.24, 2.45) is 0 Å². The van der Waals surface area contributed by atoms with Crippen LogP contribution < -0.4 is 20.1 Å². The number of phenols is 1. The van der Waals surface area contributed by atoms with E-state index in [1.807, 2.05) is 0 Å². The summed E-state index contributed by atoms with van der Waals surface area (Å²) in [6, 6.07) is 8.86. The highest BCUT2D eigenvalue weighted by Crippen LogP contribution is 2.34. The second-order valence-corrected chi connectivity index (χ2v) is 5.07. The first kappa shape index (κ1) is 15.0. The molecule has 0 atom stereocenters. The molecule has 1 aliphatic heterocycles. The van der Waals surface area contributed by atoms with Crippen LogP contribution in [0, 0.1) is 0 Å². The number of nitrogens with one attached hydrogen (secondary N) is 2. The standard InChI is InChI=1S/C15H11ClN2O5/c16-8-1-3-11(19)10(5-8)18-15(21)14(20)17-9-2-4-12-13(6-9)23-7-22-12/h1-6,19H,7H2,(H,17,20)(H,18,21). The van der Waals surface area contributed by atoms with Crippen molar-refractivity contribution in [2.75, 3.05) is 17.4 Å². The van der Waals surface area contributed by atoms with Crippen LogP contribution in [0.2, 0.25) is 5.02 Å². The quantitative estimate of drug-likeness (QED) is 0.578. The molecule has 2 amide bonds. The van der Waals surface area contributed by atoms with Crippen molar-refractivity contribution in [1.29, 1.82) is 0 Å². The Morgan fingerprint density at radius 3 is 2.57 bits per heavy atom. The summed E-state index contributed by atoms with van der Waals surface area (Å²) in [5.41, 5.74) is 0.424. The lowest BCUT2D eigenvalue weighted by Gasteiger charge is -2.08. The highest BCUT2D eigenvalue weighted by molar-refractivity contribution is 6.44. The van der Waals surface area contributed by atoms with E-state index in [4.69, 9.17) is 21.1 Å². The minimum Gasteiger partial charge on any atom is -0.506 e. The Balaban J connectivity index is 1.68. The van der Waals surface area contributed by atoms with Crippen LogP contribution >= 0.6 is 11.6 Å². The molecule has 0 unspecified atom stereocenters. The van der Waals surface area contributed by atoms with Crippen molar-refractivity contribution in [3.8, 4) is 17.2 Å². The number of amides is 2. The average molecular weight is 335 g/mol. The lowest BCUT2D eigenvalue weighted by Crippen LogP contribution is -2.29. The third-order valence-electron chi connectivity index (χ3n) is 3.04. The highest BCUT2D eigenvalue weighted by Gasteiger charge is 2.18. The molecule has 118 valence electrons. The largest absolute Gasteiger partial charge is 0.506 e. The normalized spacial score (nSPS) is 11.9. The van der Waals surface area contributed by atoms with Gasteiger partial charge in [0.25, 0.3) is 0 Å². The number of ether oxygens (including phenoxy) is 2. The minimum atomic E-state index is -0.944. The summed E-state index contributed by atoms with van der Waals surface area (Å²) in [7, 11) is 0. The van der Waals surface area contributed by atoms with Crippen LogP contribution in [-0.4, -0.2) is 23.7 Å². The number of benzene rings is 2. The predicted octanol–water partition coefficient (Wildman–Crippen LogP) is 2.35. The number of carbonyl (C=O) groups excluding carboxylic acids is 2. The lowest BCUT2D eigenvalue weighted by molar-refractivity contribution is -0.133. The van der Waals surface area contributed by atoms with Crippen molar-refractivity contribution in [3.63, 3.8) is 0 Å². The molecule has 23 heavy (non-hydrogen) atoms. The molecule has 0 fully saturated rings. The zero-order valence-electron chi connectivity index (χ0n) is 11.6. The van der Waals surface area contributed by atoms with Gasteiger partial charge >= 0.3 is 11.8 Å².